The number of rotatable bonds is 3. The van der Waals surface area contributed by atoms with Crippen LogP contribution in [0.4, 0.5) is 10.1 Å². The molecule has 2 rings (SSSR count). The van der Waals surface area contributed by atoms with E-state index in [1.54, 1.807) is 12.1 Å². The van der Waals surface area contributed by atoms with E-state index in [0.717, 1.165) is 12.8 Å². The lowest BCUT2D eigenvalue weighted by molar-refractivity contribution is 0.318. The number of nitrogens with two attached hydrogens (primary N) is 1. The summed E-state index contributed by atoms with van der Waals surface area (Å²) in [6.45, 7) is 2.25. The minimum absolute atomic E-state index is 0.0793. The van der Waals surface area contributed by atoms with Gasteiger partial charge in [0.25, 0.3) is 0 Å². The molecule has 0 amide bonds. The normalized spacial score (nSPS) is 23.6. The van der Waals surface area contributed by atoms with Crippen LogP contribution in [0.2, 0.25) is 0 Å². The third-order valence-corrected chi connectivity index (χ3v) is 4.19. The van der Waals surface area contributed by atoms with Gasteiger partial charge < -0.3 is 15.8 Å². The van der Waals surface area contributed by atoms with Crippen LogP contribution in [0.15, 0.2) is 23.4 Å². The summed E-state index contributed by atoms with van der Waals surface area (Å²) in [5.74, 6) is 0.273. The zero-order chi connectivity index (χ0) is 14.7. The average molecular weight is 279 g/mol. The fraction of sp³-hybridized carbons (Fsp3) is 0.533. The Morgan fingerprint density at radius 3 is 2.80 bits per heavy atom. The summed E-state index contributed by atoms with van der Waals surface area (Å²) in [7, 11) is 1.93. The predicted octanol–water partition coefficient (Wildman–Crippen LogP) is 2.94. The summed E-state index contributed by atoms with van der Waals surface area (Å²) in [6, 6.07) is 5.06. The van der Waals surface area contributed by atoms with E-state index in [2.05, 4.69) is 12.1 Å². The first-order valence-electron chi connectivity index (χ1n) is 7.03. The molecule has 2 unspecified atom stereocenters. The summed E-state index contributed by atoms with van der Waals surface area (Å²) < 4.78 is 14.2. The third kappa shape index (κ3) is 3.03. The van der Waals surface area contributed by atoms with E-state index in [-0.39, 0.29) is 11.7 Å². The minimum Gasteiger partial charge on any atom is -0.409 e. The second-order valence-corrected chi connectivity index (χ2v) is 5.69. The van der Waals surface area contributed by atoms with Crippen molar-refractivity contribution in [1.82, 2.24) is 0 Å². The van der Waals surface area contributed by atoms with Crippen molar-refractivity contribution in [1.29, 1.82) is 0 Å². The first kappa shape index (κ1) is 14.6. The van der Waals surface area contributed by atoms with E-state index < -0.39 is 0 Å². The Hall–Kier alpha value is -1.78. The van der Waals surface area contributed by atoms with Crippen LogP contribution in [0.5, 0.6) is 0 Å². The molecule has 3 N–H and O–H groups in total. The molecule has 1 aromatic rings. The number of oxime groups is 1. The van der Waals surface area contributed by atoms with Crippen molar-refractivity contribution in [3.8, 4) is 0 Å². The number of amidine groups is 1. The van der Waals surface area contributed by atoms with E-state index in [0.29, 0.717) is 23.2 Å². The maximum absolute atomic E-state index is 14.2. The van der Waals surface area contributed by atoms with Crippen molar-refractivity contribution in [3.63, 3.8) is 0 Å². The molecule has 0 heterocycles. The van der Waals surface area contributed by atoms with Gasteiger partial charge in [0.05, 0.1) is 5.69 Å². The predicted molar refractivity (Wildman–Crippen MR) is 78.7 cm³/mol. The van der Waals surface area contributed by atoms with Crippen LogP contribution in [0.3, 0.4) is 0 Å². The van der Waals surface area contributed by atoms with Gasteiger partial charge in [-0.1, -0.05) is 24.9 Å². The lowest BCUT2D eigenvalue weighted by Gasteiger charge is -2.35. The van der Waals surface area contributed by atoms with Crippen molar-refractivity contribution < 1.29 is 9.60 Å². The minimum atomic E-state index is -0.338. The lowest BCUT2D eigenvalue weighted by atomic mass is 9.86. The summed E-state index contributed by atoms with van der Waals surface area (Å²) in [6.07, 6.45) is 4.65. The molecular formula is C15H22FN3O. The van der Waals surface area contributed by atoms with E-state index in [1.807, 2.05) is 11.9 Å². The highest BCUT2D eigenvalue weighted by Crippen LogP contribution is 2.31. The van der Waals surface area contributed by atoms with Crippen molar-refractivity contribution in [3.05, 3.63) is 29.6 Å². The van der Waals surface area contributed by atoms with Gasteiger partial charge in [-0.25, -0.2) is 4.39 Å². The number of halogens is 1. The fourth-order valence-electron chi connectivity index (χ4n) is 2.96. The van der Waals surface area contributed by atoms with Crippen LogP contribution in [-0.4, -0.2) is 24.1 Å². The smallest absolute Gasteiger partial charge is 0.170 e. The van der Waals surface area contributed by atoms with Crippen LogP contribution in [0, 0.1) is 11.7 Å². The SMILES string of the molecule is CC1CCCC(N(C)c2ccc(C(N)=NO)cc2F)C1. The standard InChI is InChI=1S/C15H22FN3O/c1-10-4-3-5-12(8-10)19(2)14-7-6-11(9-13(14)16)15(17)18-20/h6-7,9-10,12,20H,3-5,8H2,1-2H3,(H2,17,18). The Kier molecular flexibility index (Phi) is 4.47. The highest BCUT2D eigenvalue weighted by Gasteiger charge is 2.24. The molecular weight excluding hydrogens is 257 g/mol. The fourth-order valence-corrected chi connectivity index (χ4v) is 2.96. The van der Waals surface area contributed by atoms with Gasteiger partial charge in [0.2, 0.25) is 0 Å². The largest absolute Gasteiger partial charge is 0.409 e. The first-order valence-corrected chi connectivity index (χ1v) is 7.03. The van der Waals surface area contributed by atoms with Crippen molar-refractivity contribution >= 4 is 11.5 Å². The monoisotopic (exact) mass is 279 g/mol. The summed E-state index contributed by atoms with van der Waals surface area (Å²) >= 11 is 0. The molecule has 1 aromatic carbocycles. The Balaban J connectivity index is 2.20. The molecule has 0 bridgehead atoms. The van der Waals surface area contributed by atoms with Gasteiger partial charge >= 0.3 is 0 Å². The van der Waals surface area contributed by atoms with E-state index in [4.69, 9.17) is 10.9 Å². The topological polar surface area (TPSA) is 61.8 Å². The molecule has 0 radical (unpaired) electrons. The van der Waals surface area contributed by atoms with Gasteiger partial charge in [-0.3, -0.25) is 0 Å². The summed E-state index contributed by atoms with van der Waals surface area (Å²) in [4.78, 5) is 2.01. The molecule has 0 aliphatic heterocycles. The van der Waals surface area contributed by atoms with Gasteiger partial charge in [-0.15, -0.1) is 0 Å². The van der Waals surface area contributed by atoms with Crippen LogP contribution in [0.1, 0.15) is 38.2 Å². The van der Waals surface area contributed by atoms with Crippen LogP contribution in [-0.2, 0) is 0 Å². The first-order chi connectivity index (χ1) is 9.52. The zero-order valence-electron chi connectivity index (χ0n) is 12.0. The summed E-state index contributed by atoms with van der Waals surface area (Å²) in [5, 5.41) is 11.5. The van der Waals surface area contributed by atoms with Crippen LogP contribution in [0.25, 0.3) is 0 Å². The van der Waals surface area contributed by atoms with Crippen molar-refractivity contribution in [2.24, 2.45) is 16.8 Å². The van der Waals surface area contributed by atoms with Crippen LogP contribution >= 0.6 is 0 Å². The molecule has 0 spiro atoms. The van der Waals surface area contributed by atoms with Crippen LogP contribution < -0.4 is 10.6 Å². The Labute approximate surface area is 119 Å². The zero-order valence-corrected chi connectivity index (χ0v) is 12.0. The van der Waals surface area contributed by atoms with Gasteiger partial charge in [0.15, 0.2) is 5.84 Å². The third-order valence-electron chi connectivity index (χ3n) is 4.19. The molecule has 5 heteroatoms. The van der Waals surface area contributed by atoms with Gasteiger partial charge in [-0.05, 0) is 37.0 Å². The Morgan fingerprint density at radius 1 is 1.45 bits per heavy atom. The Morgan fingerprint density at radius 2 is 2.20 bits per heavy atom. The lowest BCUT2D eigenvalue weighted by Crippen LogP contribution is -2.36. The molecule has 0 aromatic heterocycles. The second kappa shape index (κ2) is 6.11. The maximum Gasteiger partial charge on any atom is 0.170 e. The molecule has 1 aliphatic carbocycles. The highest BCUT2D eigenvalue weighted by atomic mass is 19.1. The number of benzene rings is 1. The van der Waals surface area contributed by atoms with Gasteiger partial charge in [0, 0.05) is 18.7 Å². The molecule has 110 valence electrons. The number of nitrogens with zero attached hydrogens (tertiary/aromatic N) is 2. The quantitative estimate of drug-likeness (QED) is 0.387. The summed E-state index contributed by atoms with van der Waals surface area (Å²) in [5.41, 5.74) is 6.43. The highest BCUT2D eigenvalue weighted by molar-refractivity contribution is 5.97. The van der Waals surface area contributed by atoms with Crippen molar-refractivity contribution in [2.45, 2.75) is 38.6 Å². The number of hydrogen-bond acceptors (Lipinski definition) is 3. The molecule has 1 aliphatic rings. The van der Waals surface area contributed by atoms with E-state index >= 15 is 0 Å². The maximum atomic E-state index is 14.2. The van der Waals surface area contributed by atoms with E-state index in [9.17, 15) is 4.39 Å². The Bertz CT molecular complexity index is 504. The van der Waals surface area contributed by atoms with E-state index in [1.165, 1.54) is 18.9 Å². The number of anilines is 1. The molecule has 1 saturated carbocycles. The van der Waals surface area contributed by atoms with Gasteiger partial charge in [0.1, 0.15) is 5.82 Å². The second-order valence-electron chi connectivity index (χ2n) is 5.69. The van der Waals surface area contributed by atoms with Crippen molar-refractivity contribution in [2.75, 3.05) is 11.9 Å². The molecule has 4 nitrogen and oxygen atoms in total. The van der Waals surface area contributed by atoms with Gasteiger partial charge in [-0.2, -0.15) is 0 Å². The number of hydrogen-bond donors (Lipinski definition) is 2. The molecule has 20 heavy (non-hydrogen) atoms. The molecule has 0 saturated heterocycles. The molecule has 1 fully saturated rings. The average Bonchev–Trinajstić information content (AvgIpc) is 2.45. The molecule has 2 atom stereocenters.